The van der Waals surface area contributed by atoms with Gasteiger partial charge in [0.15, 0.2) is 0 Å². The van der Waals surface area contributed by atoms with Crippen LogP contribution in [0.4, 0.5) is 11.6 Å². The third kappa shape index (κ3) is 5.20. The zero-order chi connectivity index (χ0) is 27.8. The molecule has 1 atom stereocenters. The molecule has 1 aromatic heterocycles. The predicted molar refractivity (Wildman–Crippen MR) is 161 cm³/mol. The minimum absolute atomic E-state index is 0.0257. The number of aliphatic imine (C=N–C) groups is 1. The van der Waals surface area contributed by atoms with Gasteiger partial charge >= 0.3 is 0 Å². The lowest BCUT2D eigenvalue weighted by Crippen LogP contribution is -2.38. The summed E-state index contributed by atoms with van der Waals surface area (Å²) in [6.07, 6.45) is 2.79. The number of likely N-dealkylation sites (N-methyl/N-ethyl adjacent to an activating group) is 2. The summed E-state index contributed by atoms with van der Waals surface area (Å²) in [4.78, 5) is 31.5. The first-order valence-corrected chi connectivity index (χ1v) is 13.9. The van der Waals surface area contributed by atoms with Crippen molar-refractivity contribution < 1.29 is 4.79 Å². The van der Waals surface area contributed by atoms with Crippen LogP contribution in [0.3, 0.4) is 0 Å². The van der Waals surface area contributed by atoms with Gasteiger partial charge in [0.25, 0.3) is 5.91 Å². The molecule has 202 valence electrons. The first-order chi connectivity index (χ1) is 19.4. The maximum Gasteiger partial charge on any atom is 0.253 e. The molecular formula is C31H28Cl2N6O. The monoisotopic (exact) mass is 570 g/mol. The highest BCUT2D eigenvalue weighted by molar-refractivity contribution is 6.36. The van der Waals surface area contributed by atoms with Crippen LogP contribution in [0.1, 0.15) is 33.5 Å². The van der Waals surface area contributed by atoms with E-state index < -0.39 is 0 Å². The van der Waals surface area contributed by atoms with Gasteiger partial charge in [0.1, 0.15) is 0 Å². The van der Waals surface area contributed by atoms with E-state index in [1.54, 1.807) is 6.20 Å². The Hall–Kier alpha value is -3.78. The summed E-state index contributed by atoms with van der Waals surface area (Å²) in [5, 5.41) is 4.51. The average Bonchev–Trinajstić information content (AvgIpc) is 3.34. The second-order valence-corrected chi connectivity index (χ2v) is 11.1. The largest absolute Gasteiger partial charge is 0.337 e. The number of carbonyl (C=O) groups excluding carboxylic acids is 1. The molecule has 40 heavy (non-hydrogen) atoms. The van der Waals surface area contributed by atoms with E-state index in [4.69, 9.17) is 33.2 Å². The molecule has 1 amide bonds. The molecule has 1 unspecified atom stereocenters. The van der Waals surface area contributed by atoms with E-state index in [0.717, 1.165) is 58.9 Å². The molecule has 9 heteroatoms. The van der Waals surface area contributed by atoms with Crippen LogP contribution in [-0.4, -0.2) is 64.6 Å². The number of fused-ring (bicyclic) bond motifs is 3. The van der Waals surface area contributed by atoms with Gasteiger partial charge in [-0.15, -0.1) is 0 Å². The molecular weight excluding hydrogens is 543 g/mol. The number of hydrogen-bond acceptors (Lipinski definition) is 6. The van der Waals surface area contributed by atoms with E-state index in [1.165, 1.54) is 0 Å². The highest BCUT2D eigenvalue weighted by Crippen LogP contribution is 2.35. The van der Waals surface area contributed by atoms with Gasteiger partial charge in [0.05, 0.1) is 18.0 Å². The minimum Gasteiger partial charge on any atom is -0.337 e. The third-order valence-corrected chi connectivity index (χ3v) is 8.08. The first kappa shape index (κ1) is 26.4. The van der Waals surface area contributed by atoms with Crippen molar-refractivity contribution in [2.75, 3.05) is 32.5 Å². The average molecular weight is 572 g/mol. The molecule has 3 aromatic carbocycles. The lowest BCUT2D eigenvalue weighted by Gasteiger charge is -2.24. The third-order valence-electron chi connectivity index (χ3n) is 7.52. The number of carbonyl (C=O) groups is 1. The number of benzene rings is 3. The van der Waals surface area contributed by atoms with Crippen LogP contribution >= 0.6 is 23.2 Å². The number of likely N-dealkylation sites (tertiary alicyclic amines) is 1. The molecule has 0 bridgehead atoms. The molecule has 0 aliphatic carbocycles. The second-order valence-electron chi connectivity index (χ2n) is 10.2. The molecule has 1 saturated heterocycles. The Morgan fingerprint density at radius 2 is 1.82 bits per heavy atom. The number of nitrogens with one attached hydrogen (secondary N) is 1. The second kappa shape index (κ2) is 11.0. The highest BCUT2D eigenvalue weighted by Gasteiger charge is 2.27. The number of nitrogens with zero attached hydrogens (tertiary/aromatic N) is 5. The summed E-state index contributed by atoms with van der Waals surface area (Å²) in [7, 11) is 3.97. The van der Waals surface area contributed by atoms with Gasteiger partial charge in [-0.1, -0.05) is 47.5 Å². The molecule has 1 N–H and O–H groups in total. The topological polar surface area (TPSA) is 73.7 Å². The van der Waals surface area contributed by atoms with Crippen molar-refractivity contribution in [3.05, 3.63) is 105 Å². The maximum absolute atomic E-state index is 13.0. The molecule has 3 heterocycles. The molecule has 0 radical (unpaired) electrons. The van der Waals surface area contributed by atoms with Gasteiger partial charge < -0.3 is 15.1 Å². The number of aromatic nitrogens is 2. The van der Waals surface area contributed by atoms with E-state index in [1.807, 2.05) is 78.7 Å². The van der Waals surface area contributed by atoms with E-state index in [9.17, 15) is 4.79 Å². The van der Waals surface area contributed by atoms with Crippen molar-refractivity contribution >= 4 is 46.5 Å². The van der Waals surface area contributed by atoms with Gasteiger partial charge in [-0.2, -0.15) is 0 Å². The van der Waals surface area contributed by atoms with E-state index >= 15 is 0 Å². The summed E-state index contributed by atoms with van der Waals surface area (Å²) < 4.78 is 0. The van der Waals surface area contributed by atoms with Gasteiger partial charge in [0, 0.05) is 69.4 Å². The molecule has 0 spiro atoms. The molecule has 4 aromatic rings. The van der Waals surface area contributed by atoms with Crippen molar-refractivity contribution in [2.24, 2.45) is 4.99 Å². The quantitative estimate of drug-likeness (QED) is 0.304. The Kier molecular flexibility index (Phi) is 7.27. The summed E-state index contributed by atoms with van der Waals surface area (Å²) in [5.74, 6) is 0.476. The van der Waals surface area contributed by atoms with Crippen molar-refractivity contribution in [1.29, 1.82) is 0 Å². The van der Waals surface area contributed by atoms with Crippen molar-refractivity contribution in [2.45, 2.75) is 19.0 Å². The number of hydrogen-bond donors (Lipinski definition) is 1. The summed E-state index contributed by atoms with van der Waals surface area (Å²) >= 11 is 13.0. The smallest absolute Gasteiger partial charge is 0.253 e. The van der Waals surface area contributed by atoms with Gasteiger partial charge in [-0.3, -0.25) is 9.79 Å². The Bertz CT molecular complexity index is 1620. The van der Waals surface area contributed by atoms with Crippen LogP contribution in [-0.2, 0) is 6.54 Å². The minimum atomic E-state index is 0.0257. The Labute approximate surface area is 243 Å². The fourth-order valence-electron chi connectivity index (χ4n) is 5.29. The fourth-order valence-corrected chi connectivity index (χ4v) is 5.69. The fraction of sp³-hybridized carbons (Fsp3) is 0.226. The highest BCUT2D eigenvalue weighted by atomic mass is 35.5. The molecule has 2 aliphatic rings. The number of amides is 1. The predicted octanol–water partition coefficient (Wildman–Crippen LogP) is 6.32. The Morgan fingerprint density at radius 1 is 1.02 bits per heavy atom. The van der Waals surface area contributed by atoms with Crippen LogP contribution < -0.4 is 5.32 Å². The number of halogens is 2. The summed E-state index contributed by atoms with van der Waals surface area (Å²) in [5.41, 5.74) is 6.50. The zero-order valence-electron chi connectivity index (χ0n) is 22.2. The molecule has 2 aliphatic heterocycles. The van der Waals surface area contributed by atoms with Crippen LogP contribution in [0.2, 0.25) is 10.0 Å². The van der Waals surface area contributed by atoms with E-state index in [2.05, 4.69) is 22.2 Å². The SMILES string of the molecule is CN1CCC(N(C)C(=O)c2ccc(Nc3ncc4c(n3)-c3ccc(Cl)cc3C(c3ccccc3Cl)=NC4)cc2)C1. The van der Waals surface area contributed by atoms with Gasteiger partial charge in [-0.05, 0) is 62.5 Å². The van der Waals surface area contributed by atoms with Crippen molar-refractivity contribution in [3.8, 4) is 11.3 Å². The maximum atomic E-state index is 13.0. The van der Waals surface area contributed by atoms with E-state index in [0.29, 0.717) is 28.1 Å². The van der Waals surface area contributed by atoms with E-state index in [-0.39, 0.29) is 11.9 Å². The lowest BCUT2D eigenvalue weighted by molar-refractivity contribution is 0.0737. The lowest BCUT2D eigenvalue weighted by atomic mass is 9.95. The number of rotatable bonds is 5. The van der Waals surface area contributed by atoms with Crippen LogP contribution in [0.15, 0.2) is 77.9 Å². The summed E-state index contributed by atoms with van der Waals surface area (Å²) in [6.45, 7) is 2.32. The standard InChI is InChI=1S/C31H28Cl2N6O/c1-38-14-13-23(18-38)39(2)30(40)19-7-10-22(11-8-19)36-31-35-17-20-16-34-29(25-5-3-4-6-27(25)33)26-15-21(32)9-12-24(26)28(20)37-31/h3-12,15,17,23H,13-14,16,18H2,1-2H3,(H,35,36,37). The van der Waals surface area contributed by atoms with Gasteiger partial charge in [-0.25, -0.2) is 9.97 Å². The Morgan fingerprint density at radius 3 is 2.58 bits per heavy atom. The van der Waals surface area contributed by atoms with Crippen LogP contribution in [0.5, 0.6) is 0 Å². The van der Waals surface area contributed by atoms with Crippen molar-refractivity contribution in [1.82, 2.24) is 19.8 Å². The normalized spacial score (nSPS) is 16.5. The Balaban J connectivity index is 1.26. The molecule has 7 nitrogen and oxygen atoms in total. The molecule has 0 saturated carbocycles. The summed E-state index contributed by atoms with van der Waals surface area (Å²) in [6, 6.07) is 21.0. The first-order valence-electron chi connectivity index (χ1n) is 13.2. The van der Waals surface area contributed by atoms with Crippen LogP contribution in [0.25, 0.3) is 11.3 Å². The molecule has 1 fully saturated rings. The van der Waals surface area contributed by atoms with Crippen LogP contribution in [0, 0.1) is 0 Å². The molecule has 6 rings (SSSR count). The zero-order valence-corrected chi connectivity index (χ0v) is 23.7. The van der Waals surface area contributed by atoms with Crippen molar-refractivity contribution in [3.63, 3.8) is 0 Å². The number of anilines is 2. The van der Waals surface area contributed by atoms with Gasteiger partial charge in [0.2, 0.25) is 5.95 Å².